The molecule has 0 radical (unpaired) electrons. The van der Waals surface area contributed by atoms with Crippen molar-refractivity contribution in [3.63, 3.8) is 0 Å². The normalized spacial score (nSPS) is 12.0. The van der Waals surface area contributed by atoms with Crippen molar-refractivity contribution in [3.05, 3.63) is 41.9 Å². The quantitative estimate of drug-likeness (QED) is 0.885. The number of carbonyl (C=O) groups excluding carboxylic acids is 1. The lowest BCUT2D eigenvalue weighted by molar-refractivity contribution is -0.148. The largest absolute Gasteiger partial charge is 0.480 e. The van der Waals surface area contributed by atoms with Gasteiger partial charge < -0.3 is 14.4 Å². The van der Waals surface area contributed by atoms with E-state index < -0.39 is 12.0 Å². The Morgan fingerprint density at radius 2 is 1.96 bits per heavy atom. The number of hydrogen-bond donors (Lipinski definition) is 1. The van der Waals surface area contributed by atoms with Gasteiger partial charge in [-0.05, 0) is 13.8 Å². The van der Waals surface area contributed by atoms with Gasteiger partial charge in [0.25, 0.3) is 0 Å². The smallest absolute Gasteiger partial charge is 0.326 e. The number of benzene rings is 1. The number of oxazole rings is 1. The Bertz CT molecular complexity index is 694. The molecule has 23 heavy (non-hydrogen) atoms. The zero-order valence-corrected chi connectivity index (χ0v) is 13.4. The second kappa shape index (κ2) is 7.09. The minimum Gasteiger partial charge on any atom is -0.480 e. The molecule has 2 rings (SSSR count). The van der Waals surface area contributed by atoms with E-state index in [1.165, 1.54) is 18.9 Å². The number of carboxylic acids is 1. The summed E-state index contributed by atoms with van der Waals surface area (Å²) >= 11 is 0. The van der Waals surface area contributed by atoms with Gasteiger partial charge in [-0.1, -0.05) is 30.3 Å². The number of hydrogen-bond acceptors (Lipinski definition) is 4. The zero-order chi connectivity index (χ0) is 17.0. The number of aromatic nitrogens is 1. The fourth-order valence-corrected chi connectivity index (χ4v) is 2.19. The zero-order valence-electron chi connectivity index (χ0n) is 13.4. The van der Waals surface area contributed by atoms with Crippen molar-refractivity contribution >= 4 is 11.9 Å². The average Bonchev–Trinajstić information content (AvgIpc) is 2.92. The lowest BCUT2D eigenvalue weighted by Gasteiger charge is -2.21. The van der Waals surface area contributed by atoms with E-state index >= 15 is 0 Å². The predicted octanol–water partition coefficient (Wildman–Crippen LogP) is 2.51. The van der Waals surface area contributed by atoms with Crippen molar-refractivity contribution in [2.24, 2.45) is 0 Å². The molecular weight excluding hydrogens is 296 g/mol. The van der Waals surface area contributed by atoms with E-state index in [1.54, 1.807) is 0 Å². The van der Waals surface area contributed by atoms with Crippen LogP contribution in [0.1, 0.15) is 24.9 Å². The van der Waals surface area contributed by atoms with Crippen LogP contribution in [0.5, 0.6) is 0 Å². The number of carbonyl (C=O) groups is 2. The van der Waals surface area contributed by atoms with Gasteiger partial charge in [0.2, 0.25) is 5.91 Å². The molecule has 1 aromatic heterocycles. The predicted molar refractivity (Wildman–Crippen MR) is 84.9 cm³/mol. The van der Waals surface area contributed by atoms with Crippen LogP contribution in [0.4, 0.5) is 0 Å². The number of aliphatic carboxylic acids is 1. The summed E-state index contributed by atoms with van der Waals surface area (Å²) < 4.78 is 5.74. The molecule has 0 spiro atoms. The van der Waals surface area contributed by atoms with Crippen molar-refractivity contribution in [1.82, 2.24) is 9.88 Å². The Hall–Kier alpha value is -2.63. The molecule has 6 heteroatoms. The van der Waals surface area contributed by atoms with Crippen LogP contribution in [0.15, 0.2) is 34.7 Å². The summed E-state index contributed by atoms with van der Waals surface area (Å²) in [6.07, 6.45) is 0.492. The molecule has 1 N–H and O–H groups in total. The first-order chi connectivity index (χ1) is 10.9. The topological polar surface area (TPSA) is 83.6 Å². The van der Waals surface area contributed by atoms with Gasteiger partial charge in [0.15, 0.2) is 11.7 Å². The van der Waals surface area contributed by atoms with Crippen LogP contribution in [0.3, 0.4) is 0 Å². The molecule has 0 aliphatic rings. The van der Waals surface area contributed by atoms with Gasteiger partial charge >= 0.3 is 5.97 Å². The third kappa shape index (κ3) is 3.97. The standard InChI is InChI=1S/C17H20N2O4/c1-11-16(13-7-5-4-6-8-13)23-14(18-11)9-10-15(20)19(3)12(2)17(21)22/h4-8,12H,9-10H2,1-3H3,(H,21,22). The summed E-state index contributed by atoms with van der Waals surface area (Å²) in [7, 11) is 1.48. The van der Waals surface area contributed by atoms with E-state index in [9.17, 15) is 9.59 Å². The van der Waals surface area contributed by atoms with E-state index in [0.717, 1.165) is 11.3 Å². The maximum atomic E-state index is 12.0. The molecule has 1 aromatic carbocycles. The van der Waals surface area contributed by atoms with E-state index in [2.05, 4.69) is 4.98 Å². The number of rotatable bonds is 6. The molecule has 0 bridgehead atoms. The van der Waals surface area contributed by atoms with Crippen LogP contribution < -0.4 is 0 Å². The second-order valence-corrected chi connectivity index (χ2v) is 5.41. The first-order valence-corrected chi connectivity index (χ1v) is 7.40. The van der Waals surface area contributed by atoms with Gasteiger partial charge in [0.1, 0.15) is 6.04 Å². The minimum atomic E-state index is -1.03. The van der Waals surface area contributed by atoms with E-state index in [0.29, 0.717) is 18.1 Å². The second-order valence-electron chi connectivity index (χ2n) is 5.41. The van der Waals surface area contributed by atoms with Crippen LogP contribution in [0, 0.1) is 6.92 Å². The Morgan fingerprint density at radius 1 is 1.30 bits per heavy atom. The van der Waals surface area contributed by atoms with Gasteiger partial charge in [-0.25, -0.2) is 9.78 Å². The Balaban J connectivity index is 2.02. The van der Waals surface area contributed by atoms with Gasteiger partial charge in [-0.3, -0.25) is 4.79 Å². The van der Waals surface area contributed by atoms with Gasteiger partial charge in [-0.2, -0.15) is 0 Å². The summed E-state index contributed by atoms with van der Waals surface area (Å²) in [5, 5.41) is 8.93. The third-order valence-electron chi connectivity index (χ3n) is 3.76. The third-order valence-corrected chi connectivity index (χ3v) is 3.76. The highest BCUT2D eigenvalue weighted by molar-refractivity contribution is 5.83. The highest BCUT2D eigenvalue weighted by Gasteiger charge is 2.22. The van der Waals surface area contributed by atoms with Crippen molar-refractivity contribution in [1.29, 1.82) is 0 Å². The van der Waals surface area contributed by atoms with E-state index in [4.69, 9.17) is 9.52 Å². The van der Waals surface area contributed by atoms with Crippen LogP contribution in [0.25, 0.3) is 11.3 Å². The molecule has 122 valence electrons. The van der Waals surface area contributed by atoms with E-state index in [-0.39, 0.29) is 12.3 Å². The van der Waals surface area contributed by atoms with Gasteiger partial charge in [0.05, 0.1) is 5.69 Å². The minimum absolute atomic E-state index is 0.155. The molecule has 1 amide bonds. The number of amides is 1. The molecule has 6 nitrogen and oxygen atoms in total. The average molecular weight is 316 g/mol. The van der Waals surface area contributed by atoms with Gasteiger partial charge in [0, 0.05) is 25.5 Å². The van der Waals surface area contributed by atoms with Crippen molar-refractivity contribution in [2.75, 3.05) is 7.05 Å². The van der Waals surface area contributed by atoms with Crippen molar-refractivity contribution in [3.8, 4) is 11.3 Å². The SMILES string of the molecule is Cc1nc(CCC(=O)N(C)C(C)C(=O)O)oc1-c1ccccc1. The summed E-state index contributed by atoms with van der Waals surface area (Å²) in [6, 6.07) is 8.78. The molecule has 0 aliphatic heterocycles. The molecular formula is C17H20N2O4. The molecule has 1 atom stereocenters. The summed E-state index contributed by atoms with van der Waals surface area (Å²) in [4.78, 5) is 28.5. The monoisotopic (exact) mass is 316 g/mol. The first kappa shape index (κ1) is 16.7. The fraction of sp³-hybridized carbons (Fsp3) is 0.353. The lowest BCUT2D eigenvalue weighted by atomic mass is 10.1. The maximum absolute atomic E-state index is 12.0. The Labute approximate surface area is 134 Å². The van der Waals surface area contributed by atoms with Crippen LogP contribution in [-0.2, 0) is 16.0 Å². The molecule has 0 fully saturated rings. The number of aryl methyl sites for hydroxylation is 2. The highest BCUT2D eigenvalue weighted by Crippen LogP contribution is 2.24. The first-order valence-electron chi connectivity index (χ1n) is 7.40. The Kier molecular flexibility index (Phi) is 5.16. The van der Waals surface area contributed by atoms with Crippen molar-refractivity contribution in [2.45, 2.75) is 32.7 Å². The molecule has 1 heterocycles. The number of likely N-dealkylation sites (N-methyl/N-ethyl adjacent to an activating group) is 1. The van der Waals surface area contributed by atoms with Crippen LogP contribution in [0.2, 0.25) is 0 Å². The molecule has 0 saturated carbocycles. The van der Waals surface area contributed by atoms with Gasteiger partial charge in [-0.15, -0.1) is 0 Å². The summed E-state index contributed by atoms with van der Waals surface area (Å²) in [5.74, 6) is -0.109. The Morgan fingerprint density at radius 3 is 2.57 bits per heavy atom. The summed E-state index contributed by atoms with van der Waals surface area (Å²) in [5.41, 5.74) is 1.71. The fourth-order valence-electron chi connectivity index (χ4n) is 2.19. The van der Waals surface area contributed by atoms with E-state index in [1.807, 2.05) is 37.3 Å². The molecule has 0 aliphatic carbocycles. The summed E-state index contributed by atoms with van der Waals surface area (Å²) in [6.45, 7) is 3.33. The number of carboxylic acid groups (broad SMARTS) is 1. The molecule has 2 aromatic rings. The highest BCUT2D eigenvalue weighted by atomic mass is 16.4. The maximum Gasteiger partial charge on any atom is 0.326 e. The number of nitrogens with zero attached hydrogens (tertiary/aromatic N) is 2. The van der Waals surface area contributed by atoms with Crippen molar-refractivity contribution < 1.29 is 19.1 Å². The van der Waals surface area contributed by atoms with Crippen LogP contribution in [-0.4, -0.2) is 40.0 Å². The molecule has 0 saturated heterocycles. The van der Waals surface area contributed by atoms with Crippen LogP contribution >= 0.6 is 0 Å². The molecule has 1 unspecified atom stereocenters. The lowest BCUT2D eigenvalue weighted by Crippen LogP contribution is -2.40.